The minimum absolute atomic E-state index is 0. The van der Waals surface area contributed by atoms with Crippen molar-refractivity contribution in [1.82, 2.24) is 20.9 Å². The van der Waals surface area contributed by atoms with Gasteiger partial charge in [-0.25, -0.2) is 4.79 Å². The minimum atomic E-state index is -1.20. The fraction of sp³-hybridized carbons (Fsp3) is 0.500. The van der Waals surface area contributed by atoms with Gasteiger partial charge in [-0.15, -0.1) is 12.4 Å². The number of imide groups is 1. The first kappa shape index (κ1) is 21.0. The van der Waals surface area contributed by atoms with Crippen molar-refractivity contribution in [2.75, 3.05) is 26.7 Å². The van der Waals surface area contributed by atoms with Crippen molar-refractivity contribution in [2.45, 2.75) is 31.3 Å². The van der Waals surface area contributed by atoms with Gasteiger partial charge in [0.15, 0.2) is 0 Å². The van der Waals surface area contributed by atoms with Crippen LogP contribution in [-0.2, 0) is 15.1 Å². The second kappa shape index (κ2) is 8.58. The highest BCUT2D eigenvalue weighted by Gasteiger charge is 2.49. The molecule has 9 heteroatoms. The second-order valence-electron chi connectivity index (χ2n) is 6.77. The fourth-order valence-electron chi connectivity index (χ4n) is 3.33. The summed E-state index contributed by atoms with van der Waals surface area (Å²) in [5.74, 6) is -0.131. The van der Waals surface area contributed by atoms with Gasteiger partial charge in [0.1, 0.15) is 17.8 Å². The lowest BCUT2D eigenvalue weighted by Crippen LogP contribution is -2.45. The number of benzene rings is 1. The Bertz CT molecular complexity index is 706. The number of rotatable bonds is 6. The smallest absolute Gasteiger partial charge is 0.325 e. The van der Waals surface area contributed by atoms with E-state index in [2.05, 4.69) is 16.0 Å². The summed E-state index contributed by atoms with van der Waals surface area (Å²) in [5.41, 5.74) is -0.564. The van der Waals surface area contributed by atoms with E-state index in [-0.39, 0.29) is 30.9 Å². The molecule has 0 saturated carbocycles. The van der Waals surface area contributed by atoms with Crippen molar-refractivity contribution >= 4 is 30.3 Å². The second-order valence-corrected chi connectivity index (χ2v) is 6.77. The van der Waals surface area contributed by atoms with Crippen LogP contribution in [0.15, 0.2) is 24.3 Å². The SMILES string of the molecule is COc1ccc(C2(C)NC(=O)N(CC(=O)NCC3CCCN3)C2=O)cc1.Cl. The summed E-state index contributed by atoms with van der Waals surface area (Å²) < 4.78 is 5.11. The molecule has 3 N–H and O–H groups in total. The van der Waals surface area contributed by atoms with E-state index in [9.17, 15) is 14.4 Å². The molecule has 0 aromatic heterocycles. The van der Waals surface area contributed by atoms with Gasteiger partial charge in [-0.2, -0.15) is 0 Å². The minimum Gasteiger partial charge on any atom is -0.497 e. The van der Waals surface area contributed by atoms with Gasteiger partial charge in [0.2, 0.25) is 5.91 Å². The molecule has 2 aliphatic rings. The average molecular weight is 397 g/mol. The highest BCUT2D eigenvalue weighted by atomic mass is 35.5. The molecule has 148 valence electrons. The van der Waals surface area contributed by atoms with Crippen molar-refractivity contribution < 1.29 is 19.1 Å². The lowest BCUT2D eigenvalue weighted by molar-refractivity contribution is -0.134. The molecule has 1 aromatic rings. The molecule has 0 aliphatic carbocycles. The van der Waals surface area contributed by atoms with Gasteiger partial charge in [0, 0.05) is 12.6 Å². The number of ether oxygens (including phenoxy) is 1. The lowest BCUT2D eigenvalue weighted by atomic mass is 9.92. The van der Waals surface area contributed by atoms with Gasteiger partial charge in [-0.1, -0.05) is 12.1 Å². The van der Waals surface area contributed by atoms with Crippen molar-refractivity contribution in [3.05, 3.63) is 29.8 Å². The van der Waals surface area contributed by atoms with Gasteiger partial charge >= 0.3 is 6.03 Å². The Morgan fingerprint density at radius 3 is 2.63 bits per heavy atom. The van der Waals surface area contributed by atoms with Crippen LogP contribution in [-0.4, -0.2) is 55.5 Å². The third kappa shape index (κ3) is 4.33. The monoisotopic (exact) mass is 396 g/mol. The van der Waals surface area contributed by atoms with Crippen molar-refractivity contribution in [3.8, 4) is 5.75 Å². The van der Waals surface area contributed by atoms with Gasteiger partial charge in [0.05, 0.1) is 7.11 Å². The zero-order valence-electron chi connectivity index (χ0n) is 15.4. The Morgan fingerprint density at radius 2 is 2.04 bits per heavy atom. The number of amides is 4. The summed E-state index contributed by atoms with van der Waals surface area (Å²) in [7, 11) is 1.56. The number of hydrogen-bond acceptors (Lipinski definition) is 5. The Morgan fingerprint density at radius 1 is 1.33 bits per heavy atom. The molecule has 3 rings (SSSR count). The molecule has 1 aromatic carbocycles. The van der Waals surface area contributed by atoms with Crippen LogP contribution in [0.4, 0.5) is 4.79 Å². The number of carbonyl (C=O) groups excluding carboxylic acids is 3. The van der Waals surface area contributed by atoms with Crippen molar-refractivity contribution in [2.24, 2.45) is 0 Å². The number of hydrogen-bond donors (Lipinski definition) is 3. The maximum atomic E-state index is 12.8. The van der Waals surface area contributed by atoms with E-state index in [1.807, 2.05) is 0 Å². The van der Waals surface area contributed by atoms with Crippen molar-refractivity contribution in [3.63, 3.8) is 0 Å². The Labute approximate surface area is 164 Å². The van der Waals surface area contributed by atoms with Crippen LogP contribution in [0, 0.1) is 0 Å². The normalized spacial score (nSPS) is 24.4. The summed E-state index contributed by atoms with van der Waals surface area (Å²) in [5, 5.41) is 8.76. The molecule has 27 heavy (non-hydrogen) atoms. The van der Waals surface area contributed by atoms with Gasteiger partial charge < -0.3 is 20.7 Å². The predicted octanol–water partition coefficient (Wildman–Crippen LogP) is 0.752. The largest absolute Gasteiger partial charge is 0.497 e. The summed E-state index contributed by atoms with van der Waals surface area (Å²) in [6.45, 7) is 2.80. The van der Waals surface area contributed by atoms with E-state index in [4.69, 9.17) is 4.74 Å². The van der Waals surface area contributed by atoms with Gasteiger partial charge in [0.25, 0.3) is 5.91 Å². The average Bonchev–Trinajstić information content (AvgIpc) is 3.23. The molecule has 0 radical (unpaired) electrons. The predicted molar refractivity (Wildman–Crippen MR) is 102 cm³/mol. The van der Waals surface area contributed by atoms with Crippen molar-refractivity contribution in [1.29, 1.82) is 0 Å². The first-order valence-electron chi connectivity index (χ1n) is 8.73. The topological polar surface area (TPSA) is 99.8 Å². The van der Waals surface area contributed by atoms with Crippen LogP contribution in [0.1, 0.15) is 25.3 Å². The molecule has 4 amide bonds. The Kier molecular flexibility index (Phi) is 6.67. The molecule has 2 heterocycles. The van der Waals surface area contributed by atoms with E-state index in [1.54, 1.807) is 38.3 Å². The first-order chi connectivity index (χ1) is 12.4. The third-order valence-corrected chi connectivity index (χ3v) is 4.95. The van der Waals surface area contributed by atoms with Crippen LogP contribution in [0.2, 0.25) is 0 Å². The van der Waals surface area contributed by atoms with E-state index >= 15 is 0 Å². The molecular formula is C18H25ClN4O4. The molecule has 2 aliphatic heterocycles. The van der Waals surface area contributed by atoms with Crippen LogP contribution in [0.3, 0.4) is 0 Å². The number of nitrogens with zero attached hydrogens (tertiary/aromatic N) is 1. The highest BCUT2D eigenvalue weighted by Crippen LogP contribution is 2.29. The number of urea groups is 1. The van der Waals surface area contributed by atoms with Crippen LogP contribution < -0.4 is 20.7 Å². The number of nitrogens with one attached hydrogen (secondary N) is 3. The number of halogens is 1. The van der Waals surface area contributed by atoms with Crippen LogP contribution >= 0.6 is 12.4 Å². The third-order valence-electron chi connectivity index (χ3n) is 4.95. The molecule has 2 fully saturated rings. The molecule has 0 spiro atoms. The van der Waals surface area contributed by atoms with Gasteiger partial charge in [-0.3, -0.25) is 14.5 Å². The van der Waals surface area contributed by atoms with E-state index in [0.717, 1.165) is 24.3 Å². The van der Waals surface area contributed by atoms with E-state index in [0.29, 0.717) is 17.9 Å². The summed E-state index contributed by atoms with van der Waals surface area (Å²) in [6.07, 6.45) is 2.10. The molecule has 8 nitrogen and oxygen atoms in total. The Hall–Kier alpha value is -2.32. The van der Waals surface area contributed by atoms with Crippen LogP contribution in [0.25, 0.3) is 0 Å². The fourth-order valence-corrected chi connectivity index (χ4v) is 3.33. The molecule has 2 atom stereocenters. The van der Waals surface area contributed by atoms with Crippen LogP contribution in [0.5, 0.6) is 5.75 Å². The Balaban J connectivity index is 0.00000261. The summed E-state index contributed by atoms with van der Waals surface area (Å²) >= 11 is 0. The summed E-state index contributed by atoms with van der Waals surface area (Å²) in [4.78, 5) is 38.2. The molecule has 0 bridgehead atoms. The quantitative estimate of drug-likeness (QED) is 0.616. The first-order valence-corrected chi connectivity index (χ1v) is 8.73. The molecule has 2 unspecified atom stereocenters. The number of methoxy groups -OCH3 is 1. The summed E-state index contributed by atoms with van der Waals surface area (Å²) in [6, 6.07) is 6.60. The number of carbonyl (C=O) groups is 3. The van der Waals surface area contributed by atoms with E-state index in [1.165, 1.54) is 0 Å². The molecular weight excluding hydrogens is 372 g/mol. The highest BCUT2D eigenvalue weighted by molar-refractivity contribution is 6.09. The van der Waals surface area contributed by atoms with Gasteiger partial charge in [-0.05, 0) is 44.0 Å². The maximum Gasteiger partial charge on any atom is 0.325 e. The maximum absolute atomic E-state index is 12.8. The van der Waals surface area contributed by atoms with E-state index < -0.39 is 17.5 Å². The zero-order chi connectivity index (χ0) is 18.7. The molecule has 2 saturated heterocycles. The standard InChI is InChI=1S/C18H24N4O4.ClH/c1-18(12-5-7-14(26-2)8-6-12)16(24)22(17(25)21-18)11-15(23)20-10-13-4-3-9-19-13;/h5-8,13,19H,3-4,9-11H2,1-2H3,(H,20,23)(H,21,25);1H. The lowest BCUT2D eigenvalue weighted by Gasteiger charge is -2.22. The zero-order valence-corrected chi connectivity index (χ0v) is 16.2.